The van der Waals surface area contributed by atoms with Gasteiger partial charge in [0.05, 0.1) is 10.7 Å². The normalized spacial score (nSPS) is 15.0. The van der Waals surface area contributed by atoms with E-state index in [0.717, 1.165) is 25.9 Å². The van der Waals surface area contributed by atoms with Gasteiger partial charge in [0.25, 0.3) is 5.56 Å². The fraction of sp³-hybridized carbons (Fsp3) is 0.353. The molecule has 0 saturated carbocycles. The molecule has 0 aliphatic carbocycles. The second-order valence-electron chi connectivity index (χ2n) is 5.61. The summed E-state index contributed by atoms with van der Waals surface area (Å²) >= 11 is 6.23. The molecule has 1 fully saturated rings. The summed E-state index contributed by atoms with van der Waals surface area (Å²) in [7, 11) is 0. The zero-order valence-electron chi connectivity index (χ0n) is 12.7. The molecule has 1 aromatic carbocycles. The summed E-state index contributed by atoms with van der Waals surface area (Å²) in [5.74, 6) is 0.519. The summed E-state index contributed by atoms with van der Waals surface area (Å²) in [6, 6.07) is 9.07. The lowest BCUT2D eigenvalue weighted by atomic mass is 10.1. The molecule has 0 spiro atoms. The number of hydrogen-bond donors (Lipinski definition) is 1. The van der Waals surface area contributed by atoms with Crippen LogP contribution in [0.1, 0.15) is 31.2 Å². The van der Waals surface area contributed by atoms with Crippen molar-refractivity contribution in [3.8, 4) is 17.3 Å². The third kappa shape index (κ3) is 3.22. The Morgan fingerprint density at radius 2 is 1.87 bits per heavy atom. The van der Waals surface area contributed by atoms with Gasteiger partial charge in [-0.25, -0.2) is 4.98 Å². The number of anilines is 1. The molecule has 6 heteroatoms. The van der Waals surface area contributed by atoms with Crippen molar-refractivity contribution in [2.45, 2.75) is 25.7 Å². The molecule has 1 saturated heterocycles. The molecule has 0 bridgehead atoms. The second kappa shape index (κ2) is 6.84. The molecular weight excluding hydrogens is 312 g/mol. The molecule has 2 heterocycles. The number of halogens is 1. The number of aromatic nitrogens is 2. The first kappa shape index (κ1) is 15.6. The summed E-state index contributed by atoms with van der Waals surface area (Å²) in [4.78, 5) is 21.7. The molecule has 5 nitrogen and oxygen atoms in total. The van der Waals surface area contributed by atoms with E-state index < -0.39 is 5.56 Å². The van der Waals surface area contributed by atoms with Crippen LogP contribution in [0.4, 0.5) is 5.95 Å². The summed E-state index contributed by atoms with van der Waals surface area (Å²) in [5, 5.41) is 9.81. The maximum atomic E-state index is 12.3. The van der Waals surface area contributed by atoms with E-state index in [1.807, 2.05) is 12.1 Å². The van der Waals surface area contributed by atoms with Gasteiger partial charge in [-0.3, -0.25) is 9.78 Å². The number of benzene rings is 1. The Bertz CT molecular complexity index is 801. The third-order valence-electron chi connectivity index (χ3n) is 4.05. The number of rotatable bonds is 2. The number of aromatic amines is 1. The van der Waals surface area contributed by atoms with Crippen LogP contribution in [0.3, 0.4) is 0 Å². The van der Waals surface area contributed by atoms with Gasteiger partial charge in [0.1, 0.15) is 11.6 Å². The van der Waals surface area contributed by atoms with Crippen LogP contribution in [0.5, 0.6) is 0 Å². The standard InChI is InChI=1S/C17H17ClN4O/c18-14-8-4-3-7-12(14)15-13(11-19)16(23)21-17(20-15)22-9-5-1-2-6-10-22/h3-4,7-8H,1-2,5-6,9-10H2,(H,20,21,23). The molecule has 0 radical (unpaired) electrons. The van der Waals surface area contributed by atoms with E-state index >= 15 is 0 Å². The maximum Gasteiger partial charge on any atom is 0.270 e. The summed E-state index contributed by atoms with van der Waals surface area (Å²) in [6.45, 7) is 1.72. The zero-order valence-corrected chi connectivity index (χ0v) is 13.4. The molecule has 23 heavy (non-hydrogen) atoms. The van der Waals surface area contributed by atoms with Gasteiger partial charge in [-0.05, 0) is 18.9 Å². The molecule has 118 valence electrons. The first-order valence-corrected chi connectivity index (χ1v) is 8.13. The van der Waals surface area contributed by atoms with Gasteiger partial charge in [0.15, 0.2) is 0 Å². The molecule has 2 aromatic rings. The van der Waals surface area contributed by atoms with Gasteiger partial charge in [0.2, 0.25) is 5.95 Å². The predicted octanol–water partition coefficient (Wildman–Crippen LogP) is 3.34. The zero-order chi connectivity index (χ0) is 16.2. The minimum absolute atomic E-state index is 0.00308. The summed E-state index contributed by atoms with van der Waals surface area (Å²) < 4.78 is 0. The fourth-order valence-corrected chi connectivity index (χ4v) is 3.07. The SMILES string of the molecule is N#Cc1c(-c2ccccc2Cl)nc(N2CCCCCC2)[nH]c1=O. The van der Waals surface area contributed by atoms with E-state index in [4.69, 9.17) is 11.6 Å². The Hall–Kier alpha value is -2.32. The lowest BCUT2D eigenvalue weighted by Gasteiger charge is -2.21. The van der Waals surface area contributed by atoms with E-state index in [0.29, 0.717) is 22.2 Å². The highest BCUT2D eigenvalue weighted by Crippen LogP contribution is 2.28. The number of nitrogens with one attached hydrogen (secondary N) is 1. The van der Waals surface area contributed by atoms with Gasteiger partial charge in [-0.15, -0.1) is 0 Å². The minimum atomic E-state index is -0.420. The van der Waals surface area contributed by atoms with Crippen LogP contribution < -0.4 is 10.5 Å². The Kier molecular flexibility index (Phi) is 4.63. The average Bonchev–Trinajstić information content (AvgIpc) is 2.84. The van der Waals surface area contributed by atoms with E-state index in [1.165, 1.54) is 12.8 Å². The highest BCUT2D eigenvalue weighted by atomic mass is 35.5. The first-order chi connectivity index (χ1) is 11.2. The number of hydrogen-bond acceptors (Lipinski definition) is 4. The highest BCUT2D eigenvalue weighted by molar-refractivity contribution is 6.33. The quantitative estimate of drug-likeness (QED) is 0.917. The Labute approximate surface area is 139 Å². The molecule has 1 aromatic heterocycles. The molecule has 0 atom stereocenters. The van der Waals surface area contributed by atoms with Crippen LogP contribution in [0.2, 0.25) is 5.02 Å². The molecule has 1 aliphatic heterocycles. The Balaban J connectivity index is 2.13. The molecule has 0 unspecified atom stereocenters. The topological polar surface area (TPSA) is 72.8 Å². The smallest absolute Gasteiger partial charge is 0.270 e. The number of nitrogens with zero attached hydrogens (tertiary/aromatic N) is 3. The van der Waals surface area contributed by atoms with Gasteiger partial charge in [0, 0.05) is 18.7 Å². The highest BCUT2D eigenvalue weighted by Gasteiger charge is 2.19. The molecule has 0 amide bonds. The van der Waals surface area contributed by atoms with Crippen LogP contribution in [-0.4, -0.2) is 23.1 Å². The van der Waals surface area contributed by atoms with Crippen molar-refractivity contribution in [2.24, 2.45) is 0 Å². The number of nitriles is 1. The molecule has 3 rings (SSSR count). The molecule has 1 aliphatic rings. The lowest BCUT2D eigenvalue weighted by molar-refractivity contribution is 0.726. The minimum Gasteiger partial charge on any atom is -0.342 e. The second-order valence-corrected chi connectivity index (χ2v) is 6.01. The van der Waals surface area contributed by atoms with Crippen molar-refractivity contribution >= 4 is 17.5 Å². The van der Waals surface area contributed by atoms with Crippen molar-refractivity contribution in [3.63, 3.8) is 0 Å². The number of H-pyrrole nitrogens is 1. The summed E-state index contributed by atoms with van der Waals surface area (Å²) in [5.41, 5.74) is 0.530. The van der Waals surface area contributed by atoms with Crippen molar-refractivity contribution in [1.29, 1.82) is 5.26 Å². The van der Waals surface area contributed by atoms with Crippen LogP contribution >= 0.6 is 11.6 Å². The summed E-state index contributed by atoms with van der Waals surface area (Å²) in [6.07, 6.45) is 4.53. The van der Waals surface area contributed by atoms with E-state index in [2.05, 4.69) is 14.9 Å². The van der Waals surface area contributed by atoms with Crippen molar-refractivity contribution in [1.82, 2.24) is 9.97 Å². The van der Waals surface area contributed by atoms with E-state index in [-0.39, 0.29) is 5.56 Å². The van der Waals surface area contributed by atoms with Gasteiger partial charge in [-0.1, -0.05) is 42.6 Å². The van der Waals surface area contributed by atoms with Gasteiger partial charge >= 0.3 is 0 Å². The van der Waals surface area contributed by atoms with Crippen LogP contribution in [-0.2, 0) is 0 Å². The van der Waals surface area contributed by atoms with Crippen LogP contribution in [0.25, 0.3) is 11.3 Å². The fourth-order valence-electron chi connectivity index (χ4n) is 2.85. The van der Waals surface area contributed by atoms with Crippen LogP contribution in [0.15, 0.2) is 29.1 Å². The van der Waals surface area contributed by atoms with Crippen molar-refractivity contribution < 1.29 is 0 Å². The van der Waals surface area contributed by atoms with E-state index in [9.17, 15) is 10.1 Å². The average molecular weight is 329 g/mol. The Morgan fingerprint density at radius 3 is 2.52 bits per heavy atom. The maximum absolute atomic E-state index is 12.3. The van der Waals surface area contributed by atoms with E-state index in [1.54, 1.807) is 18.2 Å². The first-order valence-electron chi connectivity index (χ1n) is 7.75. The monoisotopic (exact) mass is 328 g/mol. The molecule has 1 N–H and O–H groups in total. The lowest BCUT2D eigenvalue weighted by Crippen LogP contribution is -2.29. The van der Waals surface area contributed by atoms with Gasteiger partial charge < -0.3 is 4.90 Å². The van der Waals surface area contributed by atoms with Gasteiger partial charge in [-0.2, -0.15) is 5.26 Å². The van der Waals surface area contributed by atoms with Crippen LogP contribution in [0, 0.1) is 11.3 Å². The largest absolute Gasteiger partial charge is 0.342 e. The van der Waals surface area contributed by atoms with Crippen molar-refractivity contribution in [3.05, 3.63) is 45.2 Å². The predicted molar refractivity (Wildman–Crippen MR) is 90.7 cm³/mol. The molecular formula is C17H17ClN4O. The third-order valence-corrected chi connectivity index (χ3v) is 4.38. The van der Waals surface area contributed by atoms with Crippen molar-refractivity contribution in [2.75, 3.05) is 18.0 Å². The Morgan fingerprint density at radius 1 is 1.17 bits per heavy atom.